The molecule has 2 aromatic rings. The normalized spacial score (nSPS) is 12.5. The lowest BCUT2D eigenvalue weighted by molar-refractivity contribution is 0.174. The van der Waals surface area contributed by atoms with Gasteiger partial charge in [-0.15, -0.1) is 0 Å². The fourth-order valence-electron chi connectivity index (χ4n) is 1.75. The molecule has 2 heterocycles. The van der Waals surface area contributed by atoms with Gasteiger partial charge < -0.3 is 14.8 Å². The van der Waals surface area contributed by atoms with Crippen molar-refractivity contribution in [3.63, 3.8) is 0 Å². The zero-order valence-electron chi connectivity index (χ0n) is 9.52. The molecule has 3 rings (SSSR count). The predicted molar refractivity (Wildman–Crippen MR) is 71.8 cm³/mol. The smallest absolute Gasteiger partial charge is 0.231 e. The van der Waals surface area contributed by atoms with Gasteiger partial charge >= 0.3 is 0 Å². The fraction of sp³-hybridized carbons (Fsp3) is 0.154. The van der Waals surface area contributed by atoms with Crippen LogP contribution in [0, 0.1) is 0 Å². The molecular weight excluding hydrogens is 296 g/mol. The molecule has 0 radical (unpaired) electrons. The van der Waals surface area contributed by atoms with E-state index in [9.17, 15) is 0 Å². The largest absolute Gasteiger partial charge is 0.454 e. The van der Waals surface area contributed by atoms with E-state index >= 15 is 0 Å². The molecule has 0 fully saturated rings. The van der Waals surface area contributed by atoms with Gasteiger partial charge in [0.25, 0.3) is 0 Å². The minimum Gasteiger partial charge on any atom is -0.454 e. The van der Waals surface area contributed by atoms with Crippen molar-refractivity contribution < 1.29 is 9.47 Å². The van der Waals surface area contributed by atoms with Gasteiger partial charge in [-0.05, 0) is 45.8 Å². The second-order valence-corrected chi connectivity index (χ2v) is 4.73. The maximum atomic E-state index is 5.34. The lowest BCUT2D eigenvalue weighted by atomic mass is 10.2. The number of benzene rings is 1. The van der Waals surface area contributed by atoms with E-state index in [0.717, 1.165) is 27.4 Å². The molecular formula is C13H11BrN2O2. The lowest BCUT2D eigenvalue weighted by Crippen LogP contribution is -2.01. The van der Waals surface area contributed by atoms with Crippen LogP contribution in [0.4, 0.5) is 5.82 Å². The van der Waals surface area contributed by atoms with E-state index in [-0.39, 0.29) is 0 Å². The molecule has 0 saturated heterocycles. The van der Waals surface area contributed by atoms with E-state index in [2.05, 4.69) is 26.2 Å². The van der Waals surface area contributed by atoms with Gasteiger partial charge in [-0.1, -0.05) is 6.07 Å². The summed E-state index contributed by atoms with van der Waals surface area (Å²) in [5, 5.41) is 3.27. The summed E-state index contributed by atoms with van der Waals surface area (Å²) in [6, 6.07) is 9.75. The SMILES string of the molecule is Brc1cccnc1NCc1ccc2c(c1)OCO2. The summed E-state index contributed by atoms with van der Waals surface area (Å²) in [4.78, 5) is 4.25. The molecule has 0 aliphatic carbocycles. The van der Waals surface area contributed by atoms with Crippen LogP contribution in [0.1, 0.15) is 5.56 Å². The number of rotatable bonds is 3. The third-order valence-corrected chi connectivity index (χ3v) is 3.30. The van der Waals surface area contributed by atoms with Crippen LogP contribution < -0.4 is 14.8 Å². The first-order valence-corrected chi connectivity index (χ1v) is 6.35. The van der Waals surface area contributed by atoms with Gasteiger partial charge in [-0.25, -0.2) is 4.98 Å². The van der Waals surface area contributed by atoms with Gasteiger partial charge in [0.15, 0.2) is 11.5 Å². The molecule has 1 aliphatic rings. The van der Waals surface area contributed by atoms with Gasteiger partial charge in [0.1, 0.15) is 5.82 Å². The zero-order valence-corrected chi connectivity index (χ0v) is 11.1. The summed E-state index contributed by atoms with van der Waals surface area (Å²) in [5.74, 6) is 2.43. The van der Waals surface area contributed by atoms with Gasteiger partial charge in [0.2, 0.25) is 6.79 Å². The van der Waals surface area contributed by atoms with Crippen LogP contribution in [-0.2, 0) is 6.54 Å². The number of aromatic nitrogens is 1. The molecule has 0 spiro atoms. The number of halogens is 1. The van der Waals surface area contributed by atoms with E-state index in [1.807, 2.05) is 30.3 Å². The Balaban J connectivity index is 1.72. The maximum Gasteiger partial charge on any atom is 0.231 e. The molecule has 1 N–H and O–H groups in total. The summed E-state index contributed by atoms with van der Waals surface area (Å²) in [5.41, 5.74) is 1.12. The van der Waals surface area contributed by atoms with E-state index < -0.39 is 0 Å². The molecule has 0 unspecified atom stereocenters. The van der Waals surface area contributed by atoms with E-state index in [0.29, 0.717) is 13.3 Å². The standard InChI is InChI=1S/C13H11BrN2O2/c14-10-2-1-5-15-13(10)16-7-9-3-4-11-12(6-9)18-8-17-11/h1-6H,7-8H2,(H,15,16). The highest BCUT2D eigenvalue weighted by molar-refractivity contribution is 9.10. The van der Waals surface area contributed by atoms with Gasteiger partial charge in [0.05, 0.1) is 4.47 Å². The van der Waals surface area contributed by atoms with E-state index in [1.54, 1.807) is 6.20 Å². The minimum absolute atomic E-state index is 0.304. The van der Waals surface area contributed by atoms with E-state index in [4.69, 9.17) is 9.47 Å². The van der Waals surface area contributed by atoms with Crippen LogP contribution in [0.15, 0.2) is 41.0 Å². The monoisotopic (exact) mass is 306 g/mol. The van der Waals surface area contributed by atoms with Crippen molar-refractivity contribution in [1.82, 2.24) is 4.98 Å². The summed E-state index contributed by atoms with van der Waals surface area (Å²) < 4.78 is 11.6. The predicted octanol–water partition coefficient (Wildman–Crippen LogP) is 3.18. The third kappa shape index (κ3) is 2.26. The first-order chi connectivity index (χ1) is 8.83. The Kier molecular flexibility index (Phi) is 3.06. The van der Waals surface area contributed by atoms with E-state index in [1.165, 1.54) is 0 Å². The Hall–Kier alpha value is -1.75. The molecule has 5 heteroatoms. The first kappa shape index (κ1) is 11.3. The Labute approximate surface area is 113 Å². The van der Waals surface area contributed by atoms with Gasteiger partial charge in [0, 0.05) is 12.7 Å². The van der Waals surface area contributed by atoms with Gasteiger partial charge in [-0.3, -0.25) is 0 Å². The number of nitrogens with one attached hydrogen (secondary N) is 1. The van der Waals surface area contributed by atoms with Crippen molar-refractivity contribution in [1.29, 1.82) is 0 Å². The Morgan fingerprint density at radius 2 is 2.11 bits per heavy atom. The molecule has 4 nitrogen and oxygen atoms in total. The van der Waals surface area contributed by atoms with Crippen LogP contribution in [0.3, 0.4) is 0 Å². The number of anilines is 1. The number of hydrogen-bond donors (Lipinski definition) is 1. The van der Waals surface area contributed by atoms with Crippen molar-refractivity contribution in [2.75, 3.05) is 12.1 Å². The highest BCUT2D eigenvalue weighted by Gasteiger charge is 2.13. The Bertz CT molecular complexity index is 575. The minimum atomic E-state index is 0.304. The summed E-state index contributed by atoms with van der Waals surface area (Å²) >= 11 is 3.45. The summed E-state index contributed by atoms with van der Waals surface area (Å²) in [6.07, 6.45) is 1.76. The number of nitrogens with zero attached hydrogens (tertiary/aromatic N) is 1. The molecule has 0 bridgehead atoms. The van der Waals surface area contributed by atoms with Crippen LogP contribution in [0.2, 0.25) is 0 Å². The van der Waals surface area contributed by atoms with Crippen molar-refractivity contribution >= 4 is 21.7 Å². The Morgan fingerprint density at radius 1 is 1.22 bits per heavy atom. The molecule has 18 heavy (non-hydrogen) atoms. The molecule has 1 aromatic carbocycles. The molecule has 0 saturated carbocycles. The molecule has 1 aliphatic heterocycles. The highest BCUT2D eigenvalue weighted by Crippen LogP contribution is 2.32. The zero-order chi connectivity index (χ0) is 12.4. The average molecular weight is 307 g/mol. The number of ether oxygens (including phenoxy) is 2. The summed E-state index contributed by atoms with van der Waals surface area (Å²) in [6.45, 7) is 0.990. The van der Waals surface area contributed by atoms with Crippen LogP contribution in [0.5, 0.6) is 11.5 Å². The lowest BCUT2D eigenvalue weighted by Gasteiger charge is -2.07. The van der Waals surface area contributed by atoms with Crippen molar-refractivity contribution in [3.8, 4) is 11.5 Å². The fourth-order valence-corrected chi connectivity index (χ4v) is 2.15. The quantitative estimate of drug-likeness (QED) is 0.946. The molecule has 1 aromatic heterocycles. The van der Waals surface area contributed by atoms with Crippen molar-refractivity contribution in [2.24, 2.45) is 0 Å². The van der Waals surface area contributed by atoms with Crippen LogP contribution in [0.25, 0.3) is 0 Å². The maximum absolute atomic E-state index is 5.34. The number of fused-ring (bicyclic) bond motifs is 1. The van der Waals surface area contributed by atoms with Crippen LogP contribution >= 0.6 is 15.9 Å². The molecule has 0 amide bonds. The topological polar surface area (TPSA) is 43.4 Å². The third-order valence-electron chi connectivity index (χ3n) is 2.66. The second kappa shape index (κ2) is 4.86. The van der Waals surface area contributed by atoms with Crippen LogP contribution in [-0.4, -0.2) is 11.8 Å². The number of hydrogen-bond acceptors (Lipinski definition) is 4. The first-order valence-electron chi connectivity index (χ1n) is 5.56. The second-order valence-electron chi connectivity index (χ2n) is 3.87. The molecule has 92 valence electrons. The Morgan fingerprint density at radius 3 is 3.00 bits per heavy atom. The van der Waals surface area contributed by atoms with Gasteiger partial charge in [-0.2, -0.15) is 0 Å². The highest BCUT2D eigenvalue weighted by atomic mass is 79.9. The van der Waals surface area contributed by atoms with Crippen molar-refractivity contribution in [2.45, 2.75) is 6.54 Å². The average Bonchev–Trinajstić information content (AvgIpc) is 2.85. The van der Waals surface area contributed by atoms with Crippen molar-refractivity contribution in [3.05, 3.63) is 46.6 Å². The number of pyridine rings is 1. The molecule has 0 atom stereocenters. The summed E-state index contributed by atoms with van der Waals surface area (Å²) in [7, 11) is 0.